The first-order valence-electron chi connectivity index (χ1n) is 7.64. The molecule has 0 saturated carbocycles. The summed E-state index contributed by atoms with van der Waals surface area (Å²) < 4.78 is 3.84. The molecule has 0 fully saturated rings. The average molecular weight is 316 g/mol. The number of rotatable bonds is 3. The molecule has 4 aromatic rings. The zero-order chi connectivity index (χ0) is 16.5. The number of hydrogen-bond acceptors (Lipinski definition) is 3. The van der Waals surface area contributed by atoms with Gasteiger partial charge in [0.05, 0.1) is 12.0 Å². The Morgan fingerprint density at radius 3 is 2.50 bits per heavy atom. The van der Waals surface area contributed by atoms with E-state index in [9.17, 15) is 5.11 Å². The summed E-state index contributed by atoms with van der Waals surface area (Å²) in [5, 5.41) is 10.2. The first-order valence-corrected chi connectivity index (χ1v) is 7.64. The van der Waals surface area contributed by atoms with Crippen LogP contribution >= 0.6 is 0 Å². The molecule has 0 spiro atoms. The molecule has 0 atom stereocenters. The summed E-state index contributed by atoms with van der Waals surface area (Å²) in [5.41, 5.74) is 3.74. The van der Waals surface area contributed by atoms with Gasteiger partial charge in [-0.3, -0.25) is 4.57 Å². The number of imidazole rings is 2. The highest BCUT2D eigenvalue weighted by Gasteiger charge is 2.11. The van der Waals surface area contributed by atoms with Crippen LogP contribution in [-0.2, 0) is 0 Å². The maximum Gasteiger partial charge on any atom is 0.144 e. The summed E-state index contributed by atoms with van der Waals surface area (Å²) in [6, 6.07) is 13.7. The number of aromatic hydroxyl groups is 1. The van der Waals surface area contributed by atoms with E-state index < -0.39 is 0 Å². The van der Waals surface area contributed by atoms with E-state index in [1.54, 1.807) is 24.8 Å². The lowest BCUT2D eigenvalue weighted by molar-refractivity contribution is 0.472. The predicted molar refractivity (Wildman–Crippen MR) is 92.5 cm³/mol. The van der Waals surface area contributed by atoms with Crippen molar-refractivity contribution in [3.05, 3.63) is 79.1 Å². The van der Waals surface area contributed by atoms with Crippen molar-refractivity contribution in [3.8, 4) is 28.5 Å². The number of phenolic OH excluding ortho intramolecular Hbond substituents is 1. The van der Waals surface area contributed by atoms with Gasteiger partial charge in [-0.05, 0) is 48.9 Å². The molecule has 2 aromatic carbocycles. The van der Waals surface area contributed by atoms with Gasteiger partial charge in [0.2, 0.25) is 0 Å². The van der Waals surface area contributed by atoms with E-state index >= 15 is 0 Å². The van der Waals surface area contributed by atoms with Crippen LogP contribution in [-0.4, -0.2) is 24.2 Å². The second kappa shape index (κ2) is 5.70. The molecule has 0 amide bonds. The van der Waals surface area contributed by atoms with Crippen molar-refractivity contribution in [2.75, 3.05) is 0 Å². The number of aromatic nitrogens is 4. The largest absolute Gasteiger partial charge is 0.506 e. The van der Waals surface area contributed by atoms with E-state index in [4.69, 9.17) is 0 Å². The minimum absolute atomic E-state index is 0.240. The van der Waals surface area contributed by atoms with Gasteiger partial charge in [0.15, 0.2) is 0 Å². The normalized spacial score (nSPS) is 10.9. The van der Waals surface area contributed by atoms with Gasteiger partial charge in [0.1, 0.15) is 11.6 Å². The fourth-order valence-electron chi connectivity index (χ4n) is 2.74. The molecule has 0 saturated heterocycles. The molecule has 0 radical (unpaired) electrons. The molecule has 5 heteroatoms. The Morgan fingerprint density at radius 1 is 0.958 bits per heavy atom. The molecule has 2 heterocycles. The SMILES string of the molecule is Cc1ccc(-n2ccnc2-c2ccc(-n3ccnc3)cc2)c(O)c1. The highest BCUT2D eigenvalue weighted by Crippen LogP contribution is 2.28. The first kappa shape index (κ1) is 14.3. The van der Waals surface area contributed by atoms with Crippen molar-refractivity contribution in [1.82, 2.24) is 19.1 Å². The summed E-state index contributed by atoms with van der Waals surface area (Å²) in [7, 11) is 0. The third kappa shape index (κ3) is 2.46. The zero-order valence-electron chi connectivity index (χ0n) is 13.2. The van der Waals surface area contributed by atoms with Crippen LogP contribution in [0.5, 0.6) is 5.75 Å². The maximum atomic E-state index is 10.2. The van der Waals surface area contributed by atoms with Crippen LogP contribution in [0, 0.1) is 6.92 Å². The van der Waals surface area contributed by atoms with Crippen LogP contribution in [0.2, 0.25) is 0 Å². The van der Waals surface area contributed by atoms with Crippen LogP contribution < -0.4 is 0 Å². The number of phenols is 1. The van der Waals surface area contributed by atoms with Gasteiger partial charge < -0.3 is 9.67 Å². The van der Waals surface area contributed by atoms with Crippen LogP contribution in [0.25, 0.3) is 22.8 Å². The van der Waals surface area contributed by atoms with E-state index in [1.807, 2.05) is 64.8 Å². The van der Waals surface area contributed by atoms with Gasteiger partial charge >= 0.3 is 0 Å². The van der Waals surface area contributed by atoms with E-state index in [-0.39, 0.29) is 5.75 Å². The minimum Gasteiger partial charge on any atom is -0.506 e. The van der Waals surface area contributed by atoms with Crippen molar-refractivity contribution in [2.24, 2.45) is 0 Å². The van der Waals surface area contributed by atoms with Gasteiger partial charge in [-0.15, -0.1) is 0 Å². The Bertz CT molecular complexity index is 969. The first-order chi connectivity index (χ1) is 11.7. The van der Waals surface area contributed by atoms with E-state index in [0.717, 1.165) is 22.6 Å². The fraction of sp³-hybridized carbons (Fsp3) is 0.0526. The Hall–Kier alpha value is -3.34. The monoisotopic (exact) mass is 316 g/mol. The lowest BCUT2D eigenvalue weighted by atomic mass is 10.1. The smallest absolute Gasteiger partial charge is 0.144 e. The summed E-state index contributed by atoms with van der Waals surface area (Å²) in [4.78, 5) is 8.51. The van der Waals surface area contributed by atoms with Crippen molar-refractivity contribution in [3.63, 3.8) is 0 Å². The molecule has 118 valence electrons. The molecule has 1 N–H and O–H groups in total. The summed E-state index contributed by atoms with van der Waals surface area (Å²) in [6.07, 6.45) is 9.00. The number of benzene rings is 2. The second-order valence-electron chi connectivity index (χ2n) is 5.63. The van der Waals surface area contributed by atoms with Gasteiger partial charge in [-0.25, -0.2) is 9.97 Å². The molecule has 5 nitrogen and oxygen atoms in total. The van der Waals surface area contributed by atoms with Crippen LogP contribution in [0.1, 0.15) is 5.56 Å². The molecule has 0 aliphatic carbocycles. The van der Waals surface area contributed by atoms with Crippen LogP contribution in [0.4, 0.5) is 0 Å². The Kier molecular flexibility index (Phi) is 3.39. The molecule has 24 heavy (non-hydrogen) atoms. The third-order valence-electron chi connectivity index (χ3n) is 3.96. The van der Waals surface area contributed by atoms with E-state index in [2.05, 4.69) is 9.97 Å². The molecule has 0 bridgehead atoms. The van der Waals surface area contributed by atoms with Gasteiger partial charge in [0.25, 0.3) is 0 Å². The standard InChI is InChI=1S/C19H16N4O/c1-14-2-7-17(18(24)12-14)23-11-9-21-19(23)15-3-5-16(6-4-15)22-10-8-20-13-22/h2-13,24H,1H3. The van der Waals surface area contributed by atoms with Crippen molar-refractivity contribution in [2.45, 2.75) is 6.92 Å². The molecule has 4 rings (SSSR count). The highest BCUT2D eigenvalue weighted by atomic mass is 16.3. The molecule has 0 unspecified atom stereocenters. The molecular formula is C19H16N4O. The van der Waals surface area contributed by atoms with Gasteiger partial charge in [0, 0.05) is 36.0 Å². The van der Waals surface area contributed by atoms with Crippen LogP contribution in [0.15, 0.2) is 73.6 Å². The van der Waals surface area contributed by atoms with Crippen molar-refractivity contribution in [1.29, 1.82) is 0 Å². The number of aryl methyl sites for hydroxylation is 1. The highest BCUT2D eigenvalue weighted by molar-refractivity contribution is 5.62. The van der Waals surface area contributed by atoms with E-state index in [1.165, 1.54) is 0 Å². The zero-order valence-corrected chi connectivity index (χ0v) is 13.2. The van der Waals surface area contributed by atoms with Crippen molar-refractivity contribution >= 4 is 0 Å². The molecule has 0 aliphatic rings. The lowest BCUT2D eigenvalue weighted by Gasteiger charge is -2.11. The number of nitrogens with zero attached hydrogens (tertiary/aromatic N) is 4. The van der Waals surface area contributed by atoms with Gasteiger partial charge in [-0.1, -0.05) is 6.07 Å². The summed E-state index contributed by atoms with van der Waals surface area (Å²) in [5.74, 6) is 1.02. The summed E-state index contributed by atoms with van der Waals surface area (Å²) in [6.45, 7) is 1.95. The van der Waals surface area contributed by atoms with Crippen LogP contribution in [0.3, 0.4) is 0 Å². The third-order valence-corrected chi connectivity index (χ3v) is 3.96. The Labute approximate surface area is 139 Å². The summed E-state index contributed by atoms with van der Waals surface area (Å²) >= 11 is 0. The quantitative estimate of drug-likeness (QED) is 0.626. The Morgan fingerprint density at radius 2 is 1.79 bits per heavy atom. The molecule has 0 aliphatic heterocycles. The molecule has 2 aromatic heterocycles. The second-order valence-corrected chi connectivity index (χ2v) is 5.63. The maximum absolute atomic E-state index is 10.2. The van der Waals surface area contributed by atoms with Gasteiger partial charge in [-0.2, -0.15) is 0 Å². The Balaban J connectivity index is 1.75. The average Bonchev–Trinajstić information content (AvgIpc) is 3.27. The minimum atomic E-state index is 0.240. The number of hydrogen-bond donors (Lipinski definition) is 1. The lowest BCUT2D eigenvalue weighted by Crippen LogP contribution is -1.97. The molecular weight excluding hydrogens is 300 g/mol. The van der Waals surface area contributed by atoms with E-state index in [0.29, 0.717) is 5.69 Å². The van der Waals surface area contributed by atoms with Crippen molar-refractivity contribution < 1.29 is 5.11 Å². The topological polar surface area (TPSA) is 55.9 Å². The fourth-order valence-corrected chi connectivity index (χ4v) is 2.74. The predicted octanol–water partition coefficient (Wildman–Crippen LogP) is 3.74.